The Labute approximate surface area is 128 Å². The van der Waals surface area contributed by atoms with E-state index in [1.54, 1.807) is 4.90 Å². The van der Waals surface area contributed by atoms with E-state index in [1.807, 2.05) is 30.3 Å². The first-order valence-corrected chi connectivity index (χ1v) is 7.41. The quantitative estimate of drug-likeness (QED) is 0.848. The first-order chi connectivity index (χ1) is 10.6. The predicted octanol–water partition coefficient (Wildman–Crippen LogP) is 1.10. The number of hydrogen-bond donors (Lipinski definition) is 1. The van der Waals surface area contributed by atoms with Crippen LogP contribution >= 0.6 is 0 Å². The van der Waals surface area contributed by atoms with Gasteiger partial charge in [0, 0.05) is 32.0 Å². The highest BCUT2D eigenvalue weighted by Crippen LogP contribution is 2.23. The van der Waals surface area contributed by atoms with Gasteiger partial charge in [-0.25, -0.2) is 4.79 Å². The van der Waals surface area contributed by atoms with E-state index in [1.165, 1.54) is 0 Å². The van der Waals surface area contributed by atoms with E-state index in [4.69, 9.17) is 4.74 Å². The fraction of sp³-hybridized carbons (Fsp3) is 0.438. The third kappa shape index (κ3) is 3.10. The number of likely N-dealkylation sites (tertiary alicyclic amines) is 1. The Morgan fingerprint density at radius 3 is 2.68 bits per heavy atom. The standard InChI is InChI=1S/C16H18N2O4/c19-14-6-7-18(9-12(14)13-8-15(20)17-13)16(21)22-10-11-4-2-1-3-5-11/h1-5,12-13H,6-10H2,(H,17,20)/t12-,13+/m0/s1. The molecule has 0 aromatic heterocycles. The zero-order chi connectivity index (χ0) is 15.5. The molecule has 2 aliphatic rings. The predicted molar refractivity (Wildman–Crippen MR) is 77.9 cm³/mol. The fourth-order valence-corrected chi connectivity index (χ4v) is 2.82. The van der Waals surface area contributed by atoms with Crippen LogP contribution in [0.4, 0.5) is 4.79 Å². The van der Waals surface area contributed by atoms with Gasteiger partial charge in [-0.15, -0.1) is 0 Å². The van der Waals surface area contributed by atoms with Crippen LogP contribution in [0.5, 0.6) is 0 Å². The van der Waals surface area contributed by atoms with Crippen LogP contribution in [0, 0.1) is 5.92 Å². The normalized spacial score (nSPS) is 24.5. The summed E-state index contributed by atoms with van der Waals surface area (Å²) in [4.78, 5) is 36.6. The maximum atomic E-state index is 12.1. The molecule has 116 valence electrons. The molecule has 2 amide bonds. The van der Waals surface area contributed by atoms with Crippen molar-refractivity contribution in [2.24, 2.45) is 5.92 Å². The van der Waals surface area contributed by atoms with Crippen LogP contribution in [0.1, 0.15) is 18.4 Å². The Morgan fingerprint density at radius 1 is 1.27 bits per heavy atom. The monoisotopic (exact) mass is 302 g/mol. The second-order valence-electron chi connectivity index (χ2n) is 5.69. The summed E-state index contributed by atoms with van der Waals surface area (Å²) >= 11 is 0. The third-order valence-corrected chi connectivity index (χ3v) is 4.16. The lowest BCUT2D eigenvalue weighted by molar-refractivity contribution is -0.134. The van der Waals surface area contributed by atoms with Crippen molar-refractivity contribution in [1.29, 1.82) is 0 Å². The number of carbonyl (C=O) groups is 3. The molecule has 2 fully saturated rings. The molecule has 2 saturated heterocycles. The van der Waals surface area contributed by atoms with E-state index >= 15 is 0 Å². The maximum Gasteiger partial charge on any atom is 0.410 e. The number of piperidine rings is 1. The van der Waals surface area contributed by atoms with Gasteiger partial charge >= 0.3 is 6.09 Å². The lowest BCUT2D eigenvalue weighted by atomic mass is 9.84. The number of Topliss-reactive ketones (excluding diaryl/α,β-unsaturated/α-hetero) is 1. The summed E-state index contributed by atoms with van der Waals surface area (Å²) in [5.41, 5.74) is 0.923. The number of nitrogens with one attached hydrogen (secondary N) is 1. The van der Waals surface area contributed by atoms with Crippen molar-refractivity contribution in [2.45, 2.75) is 25.5 Å². The van der Waals surface area contributed by atoms with E-state index in [9.17, 15) is 14.4 Å². The molecule has 22 heavy (non-hydrogen) atoms. The van der Waals surface area contributed by atoms with Gasteiger partial charge in [0.25, 0.3) is 0 Å². The third-order valence-electron chi connectivity index (χ3n) is 4.16. The SMILES string of the molecule is O=C1C[C@H]([C@@H]2CN(C(=O)OCc3ccccc3)CCC2=O)N1. The zero-order valence-corrected chi connectivity index (χ0v) is 12.2. The van der Waals surface area contributed by atoms with Crippen LogP contribution in [-0.4, -0.2) is 41.8 Å². The lowest BCUT2D eigenvalue weighted by Crippen LogP contribution is -2.59. The average Bonchev–Trinajstić information content (AvgIpc) is 2.51. The summed E-state index contributed by atoms with van der Waals surface area (Å²) in [5, 5.41) is 2.72. The smallest absolute Gasteiger partial charge is 0.410 e. The van der Waals surface area contributed by atoms with E-state index in [2.05, 4.69) is 5.32 Å². The molecule has 6 heteroatoms. The van der Waals surface area contributed by atoms with Gasteiger partial charge in [0.1, 0.15) is 12.4 Å². The Bertz CT molecular complexity index is 579. The number of amides is 2. The minimum Gasteiger partial charge on any atom is -0.445 e. The van der Waals surface area contributed by atoms with Crippen LogP contribution < -0.4 is 5.32 Å². The van der Waals surface area contributed by atoms with Crippen molar-refractivity contribution in [2.75, 3.05) is 13.1 Å². The molecule has 1 N–H and O–H groups in total. The van der Waals surface area contributed by atoms with Gasteiger partial charge in [0.2, 0.25) is 5.91 Å². The Hall–Kier alpha value is -2.37. The molecule has 2 aliphatic heterocycles. The molecule has 2 atom stereocenters. The number of carbonyl (C=O) groups excluding carboxylic acids is 3. The number of nitrogens with zero attached hydrogens (tertiary/aromatic N) is 1. The van der Waals surface area contributed by atoms with Gasteiger partial charge in [-0.3, -0.25) is 9.59 Å². The first-order valence-electron chi connectivity index (χ1n) is 7.41. The van der Waals surface area contributed by atoms with Gasteiger partial charge in [-0.05, 0) is 5.56 Å². The molecule has 0 aliphatic carbocycles. The number of rotatable bonds is 3. The summed E-state index contributed by atoms with van der Waals surface area (Å²) < 4.78 is 5.29. The number of β-lactam (4-membered cyclic amide) rings is 1. The van der Waals surface area contributed by atoms with Crippen molar-refractivity contribution in [3.05, 3.63) is 35.9 Å². The number of ketones is 1. The van der Waals surface area contributed by atoms with Crippen molar-refractivity contribution in [1.82, 2.24) is 10.2 Å². The number of hydrogen-bond acceptors (Lipinski definition) is 4. The summed E-state index contributed by atoms with van der Waals surface area (Å²) in [6, 6.07) is 9.32. The average molecular weight is 302 g/mol. The minimum absolute atomic E-state index is 0.0402. The molecule has 2 heterocycles. The van der Waals surface area contributed by atoms with Crippen molar-refractivity contribution >= 4 is 17.8 Å². The summed E-state index contributed by atoms with van der Waals surface area (Å²) in [6.45, 7) is 0.913. The summed E-state index contributed by atoms with van der Waals surface area (Å²) in [5.74, 6) is -0.241. The van der Waals surface area contributed by atoms with E-state index in [0.717, 1.165) is 5.56 Å². The molecule has 0 unspecified atom stereocenters. The van der Waals surface area contributed by atoms with Crippen molar-refractivity contribution in [3.63, 3.8) is 0 Å². The van der Waals surface area contributed by atoms with Gasteiger partial charge in [0.05, 0.1) is 5.92 Å². The Balaban J connectivity index is 1.54. The molecule has 6 nitrogen and oxygen atoms in total. The molecular formula is C16H18N2O4. The summed E-state index contributed by atoms with van der Waals surface area (Å²) in [7, 11) is 0. The van der Waals surface area contributed by atoms with Gasteiger partial charge in [-0.1, -0.05) is 30.3 Å². The number of ether oxygens (including phenoxy) is 1. The summed E-state index contributed by atoms with van der Waals surface area (Å²) in [6.07, 6.45) is 0.271. The Kier molecular flexibility index (Phi) is 4.09. The van der Waals surface area contributed by atoms with Crippen LogP contribution in [0.25, 0.3) is 0 Å². The topological polar surface area (TPSA) is 75.7 Å². The zero-order valence-electron chi connectivity index (χ0n) is 12.2. The van der Waals surface area contributed by atoms with Gasteiger partial charge in [0.15, 0.2) is 0 Å². The highest BCUT2D eigenvalue weighted by atomic mass is 16.6. The molecule has 1 aromatic carbocycles. The van der Waals surface area contributed by atoms with Crippen molar-refractivity contribution < 1.29 is 19.1 Å². The molecule has 0 radical (unpaired) electrons. The second-order valence-corrected chi connectivity index (χ2v) is 5.69. The second kappa shape index (κ2) is 6.17. The molecule has 3 rings (SSSR count). The molecule has 0 bridgehead atoms. The van der Waals surface area contributed by atoms with Crippen LogP contribution in [-0.2, 0) is 20.9 Å². The van der Waals surface area contributed by atoms with E-state index in [0.29, 0.717) is 25.9 Å². The first kappa shape index (κ1) is 14.6. The van der Waals surface area contributed by atoms with Gasteiger partial charge < -0.3 is 15.0 Å². The van der Waals surface area contributed by atoms with Crippen molar-refractivity contribution in [3.8, 4) is 0 Å². The lowest BCUT2D eigenvalue weighted by Gasteiger charge is -2.39. The fourth-order valence-electron chi connectivity index (χ4n) is 2.82. The molecular weight excluding hydrogens is 284 g/mol. The molecule has 0 spiro atoms. The van der Waals surface area contributed by atoms with E-state index < -0.39 is 6.09 Å². The van der Waals surface area contributed by atoms with Crippen LogP contribution in [0.2, 0.25) is 0 Å². The highest BCUT2D eigenvalue weighted by Gasteiger charge is 2.41. The number of benzene rings is 1. The maximum absolute atomic E-state index is 12.1. The van der Waals surface area contributed by atoms with E-state index in [-0.39, 0.29) is 30.3 Å². The van der Waals surface area contributed by atoms with Crippen LogP contribution in [0.15, 0.2) is 30.3 Å². The highest BCUT2D eigenvalue weighted by molar-refractivity contribution is 5.89. The minimum atomic E-state index is -0.410. The largest absolute Gasteiger partial charge is 0.445 e. The Morgan fingerprint density at radius 2 is 2.00 bits per heavy atom. The molecule has 1 aromatic rings. The molecule has 0 saturated carbocycles. The van der Waals surface area contributed by atoms with Crippen LogP contribution in [0.3, 0.4) is 0 Å². The van der Waals surface area contributed by atoms with Gasteiger partial charge in [-0.2, -0.15) is 0 Å².